The molecule has 0 spiro atoms. The summed E-state index contributed by atoms with van der Waals surface area (Å²) in [5.41, 5.74) is 1.07. The minimum absolute atomic E-state index is 0.0264. The van der Waals surface area contributed by atoms with E-state index in [2.05, 4.69) is 15.5 Å². The van der Waals surface area contributed by atoms with Crippen molar-refractivity contribution in [3.63, 3.8) is 0 Å². The molecule has 1 aromatic carbocycles. The van der Waals surface area contributed by atoms with Crippen LogP contribution in [0.2, 0.25) is 0 Å². The Bertz CT molecular complexity index is 567. The minimum atomic E-state index is -0.403. The Hall–Kier alpha value is -2.02. The first-order chi connectivity index (χ1) is 9.10. The lowest BCUT2D eigenvalue weighted by Crippen LogP contribution is -2.06. The fourth-order valence-corrected chi connectivity index (χ4v) is 2.37. The molecule has 0 saturated heterocycles. The third-order valence-electron chi connectivity index (χ3n) is 2.71. The van der Waals surface area contributed by atoms with Gasteiger partial charge in [-0.25, -0.2) is 0 Å². The van der Waals surface area contributed by atoms with Crippen LogP contribution in [0.3, 0.4) is 0 Å². The van der Waals surface area contributed by atoms with Gasteiger partial charge in [-0.2, -0.15) is 0 Å². The van der Waals surface area contributed by atoms with E-state index in [9.17, 15) is 10.1 Å². The van der Waals surface area contributed by atoms with E-state index in [0.717, 1.165) is 22.1 Å². The van der Waals surface area contributed by atoms with E-state index in [1.165, 1.54) is 23.5 Å². The third-order valence-corrected chi connectivity index (χ3v) is 3.71. The Labute approximate surface area is 114 Å². The van der Waals surface area contributed by atoms with Crippen molar-refractivity contribution in [1.29, 1.82) is 0 Å². The number of nitrogens with one attached hydrogen (secondary N) is 1. The Morgan fingerprint density at radius 2 is 2.05 bits per heavy atom. The van der Waals surface area contributed by atoms with Gasteiger partial charge in [0.1, 0.15) is 5.01 Å². The average Bonchev–Trinajstić information content (AvgIpc) is 2.86. The number of nitrogens with zero attached hydrogens (tertiary/aromatic N) is 3. The zero-order valence-corrected chi connectivity index (χ0v) is 11.5. The fourth-order valence-electron chi connectivity index (χ4n) is 1.61. The summed E-state index contributed by atoms with van der Waals surface area (Å²) in [6.07, 6.45) is 0.866. The van der Waals surface area contributed by atoms with E-state index in [1.807, 2.05) is 13.8 Å². The van der Waals surface area contributed by atoms with Gasteiger partial charge in [-0.05, 0) is 18.9 Å². The lowest BCUT2D eigenvalue weighted by Gasteiger charge is -2.12. The van der Waals surface area contributed by atoms with Gasteiger partial charge in [0.15, 0.2) is 0 Å². The molecular weight excluding hydrogens is 264 g/mol. The number of hydrogen-bond acceptors (Lipinski definition) is 6. The van der Waals surface area contributed by atoms with Gasteiger partial charge in [-0.3, -0.25) is 10.1 Å². The number of anilines is 1. The van der Waals surface area contributed by atoms with Gasteiger partial charge in [0.05, 0.1) is 11.0 Å². The lowest BCUT2D eigenvalue weighted by molar-refractivity contribution is -0.384. The van der Waals surface area contributed by atoms with Crippen molar-refractivity contribution in [3.05, 3.63) is 45.0 Å². The first-order valence-electron chi connectivity index (χ1n) is 5.93. The van der Waals surface area contributed by atoms with Crippen molar-refractivity contribution in [3.8, 4) is 0 Å². The zero-order valence-electron chi connectivity index (χ0n) is 10.7. The number of nitro groups is 1. The molecule has 7 heteroatoms. The molecule has 100 valence electrons. The first-order valence-corrected chi connectivity index (χ1v) is 6.75. The quantitative estimate of drug-likeness (QED) is 0.671. The highest BCUT2D eigenvalue weighted by Gasteiger charge is 2.11. The van der Waals surface area contributed by atoms with E-state index < -0.39 is 4.92 Å². The van der Waals surface area contributed by atoms with Gasteiger partial charge >= 0.3 is 0 Å². The Kier molecular flexibility index (Phi) is 4.06. The monoisotopic (exact) mass is 278 g/mol. The maximum atomic E-state index is 10.6. The second-order valence-corrected chi connectivity index (χ2v) is 5.13. The maximum Gasteiger partial charge on any atom is 0.269 e. The van der Waals surface area contributed by atoms with Crippen LogP contribution in [-0.2, 0) is 6.42 Å². The van der Waals surface area contributed by atoms with E-state index in [4.69, 9.17) is 0 Å². The summed E-state index contributed by atoms with van der Waals surface area (Å²) in [6, 6.07) is 6.53. The molecule has 19 heavy (non-hydrogen) atoms. The summed E-state index contributed by atoms with van der Waals surface area (Å²) in [5.74, 6) is 0. The summed E-state index contributed by atoms with van der Waals surface area (Å²) < 4.78 is 0. The third kappa shape index (κ3) is 3.25. The molecule has 0 bridgehead atoms. The smallest absolute Gasteiger partial charge is 0.269 e. The first kappa shape index (κ1) is 13.4. The zero-order chi connectivity index (χ0) is 13.8. The van der Waals surface area contributed by atoms with Crippen molar-refractivity contribution in [2.45, 2.75) is 26.3 Å². The van der Waals surface area contributed by atoms with Crippen LogP contribution in [0.5, 0.6) is 0 Å². The predicted octanol–water partition coefficient (Wildman–Crippen LogP) is 3.18. The Morgan fingerprint density at radius 1 is 1.37 bits per heavy atom. The second-order valence-electron chi connectivity index (χ2n) is 4.07. The molecule has 0 saturated carbocycles. The number of hydrogen-bond donors (Lipinski definition) is 1. The number of aryl methyl sites for hydroxylation is 1. The standard InChI is InChI=1S/C12H14N4O2S/c1-3-11-14-15-12(19-11)13-8(2)9-4-6-10(7-5-9)16(17)18/h4-8H,3H2,1-2H3,(H,13,15). The summed E-state index contributed by atoms with van der Waals surface area (Å²) in [4.78, 5) is 10.2. The van der Waals surface area contributed by atoms with Crippen molar-refractivity contribution < 1.29 is 4.92 Å². The normalized spacial score (nSPS) is 12.1. The maximum absolute atomic E-state index is 10.6. The molecule has 2 aromatic rings. The van der Waals surface area contributed by atoms with Crippen molar-refractivity contribution in [1.82, 2.24) is 10.2 Å². The molecule has 1 heterocycles. The highest BCUT2D eigenvalue weighted by Crippen LogP contribution is 2.23. The molecular formula is C12H14N4O2S. The molecule has 0 aliphatic rings. The highest BCUT2D eigenvalue weighted by molar-refractivity contribution is 7.15. The lowest BCUT2D eigenvalue weighted by atomic mass is 10.1. The van der Waals surface area contributed by atoms with Gasteiger partial charge in [-0.1, -0.05) is 30.4 Å². The van der Waals surface area contributed by atoms with Crippen molar-refractivity contribution in [2.24, 2.45) is 0 Å². The highest BCUT2D eigenvalue weighted by atomic mass is 32.1. The van der Waals surface area contributed by atoms with Gasteiger partial charge in [0.2, 0.25) is 5.13 Å². The van der Waals surface area contributed by atoms with E-state index >= 15 is 0 Å². The predicted molar refractivity (Wildman–Crippen MR) is 74.4 cm³/mol. The summed E-state index contributed by atoms with van der Waals surface area (Å²) in [5, 5.41) is 23.7. The number of non-ortho nitro benzene ring substituents is 1. The van der Waals surface area contributed by atoms with Crippen LogP contribution in [-0.4, -0.2) is 15.1 Å². The Balaban J connectivity index is 2.06. The molecule has 0 amide bonds. The van der Waals surface area contributed by atoms with Crippen LogP contribution in [0.1, 0.15) is 30.5 Å². The molecule has 6 nitrogen and oxygen atoms in total. The second kappa shape index (κ2) is 5.75. The fraction of sp³-hybridized carbons (Fsp3) is 0.333. The summed E-state index contributed by atoms with van der Waals surface area (Å²) >= 11 is 1.52. The molecule has 0 aliphatic carbocycles. The molecule has 1 aromatic heterocycles. The minimum Gasteiger partial charge on any atom is -0.354 e. The summed E-state index contributed by atoms with van der Waals surface area (Å²) in [6.45, 7) is 4.01. The van der Waals surface area contributed by atoms with Crippen LogP contribution in [0.4, 0.5) is 10.8 Å². The molecule has 0 fully saturated rings. The van der Waals surface area contributed by atoms with Gasteiger partial charge < -0.3 is 5.32 Å². The van der Waals surface area contributed by atoms with Gasteiger partial charge in [0.25, 0.3) is 5.69 Å². The molecule has 2 rings (SSSR count). The number of aromatic nitrogens is 2. The molecule has 0 aliphatic heterocycles. The molecule has 1 unspecified atom stereocenters. The van der Waals surface area contributed by atoms with E-state index in [0.29, 0.717) is 0 Å². The van der Waals surface area contributed by atoms with Crippen LogP contribution in [0.15, 0.2) is 24.3 Å². The largest absolute Gasteiger partial charge is 0.354 e. The van der Waals surface area contributed by atoms with Crippen LogP contribution in [0.25, 0.3) is 0 Å². The van der Waals surface area contributed by atoms with Gasteiger partial charge in [0, 0.05) is 12.1 Å². The van der Waals surface area contributed by atoms with Crippen LogP contribution in [0, 0.1) is 10.1 Å². The summed E-state index contributed by atoms with van der Waals surface area (Å²) in [7, 11) is 0. The SMILES string of the molecule is CCc1nnc(NC(C)c2ccc([N+](=O)[O-])cc2)s1. The van der Waals surface area contributed by atoms with Crippen molar-refractivity contribution >= 4 is 22.2 Å². The topological polar surface area (TPSA) is 81.0 Å². The van der Waals surface area contributed by atoms with E-state index in [1.54, 1.807) is 12.1 Å². The van der Waals surface area contributed by atoms with Crippen LogP contribution >= 0.6 is 11.3 Å². The van der Waals surface area contributed by atoms with E-state index in [-0.39, 0.29) is 11.7 Å². The van der Waals surface area contributed by atoms with Crippen LogP contribution < -0.4 is 5.32 Å². The average molecular weight is 278 g/mol. The molecule has 1 atom stereocenters. The van der Waals surface area contributed by atoms with Gasteiger partial charge in [-0.15, -0.1) is 10.2 Å². The molecule has 0 radical (unpaired) electrons. The molecule has 1 N–H and O–H groups in total. The number of nitro benzene ring substituents is 1. The van der Waals surface area contributed by atoms with Crippen molar-refractivity contribution in [2.75, 3.05) is 5.32 Å². The Morgan fingerprint density at radius 3 is 2.58 bits per heavy atom. The number of rotatable bonds is 5. The number of benzene rings is 1.